The van der Waals surface area contributed by atoms with Gasteiger partial charge in [-0.2, -0.15) is 0 Å². The highest BCUT2D eigenvalue weighted by molar-refractivity contribution is 6.30. The number of hydrogen-bond acceptors (Lipinski definition) is 4. The maximum absolute atomic E-state index is 12.0. The molecule has 0 radical (unpaired) electrons. The Labute approximate surface area is 122 Å². The second-order valence-corrected chi connectivity index (χ2v) is 4.80. The standard InChI is InChI=1S/C14H15ClN2O3/c1-10-9-13(20-16-10)14(18)17(2)7-8-19-12-5-3-11(15)4-6-12/h3-6,9H,7-8H2,1-2H3. The lowest BCUT2D eigenvalue weighted by molar-refractivity contribution is 0.0732. The molecule has 20 heavy (non-hydrogen) atoms. The van der Waals surface area contributed by atoms with Gasteiger partial charge in [0.1, 0.15) is 12.4 Å². The van der Waals surface area contributed by atoms with Crippen LogP contribution >= 0.6 is 11.6 Å². The number of aryl methyl sites for hydroxylation is 1. The van der Waals surface area contributed by atoms with Gasteiger partial charge in [-0.15, -0.1) is 0 Å². The molecule has 1 aromatic carbocycles. The van der Waals surface area contributed by atoms with Crippen LogP contribution in [0.3, 0.4) is 0 Å². The first-order valence-corrected chi connectivity index (χ1v) is 6.51. The first kappa shape index (κ1) is 14.4. The minimum absolute atomic E-state index is 0.217. The van der Waals surface area contributed by atoms with Gasteiger partial charge in [0.05, 0.1) is 12.2 Å². The second kappa shape index (κ2) is 6.43. The Balaban J connectivity index is 1.81. The van der Waals surface area contributed by atoms with Gasteiger partial charge in [0, 0.05) is 18.1 Å². The van der Waals surface area contributed by atoms with Gasteiger partial charge in [0.2, 0.25) is 5.76 Å². The Morgan fingerprint density at radius 1 is 1.40 bits per heavy atom. The molecule has 0 aliphatic heterocycles. The second-order valence-electron chi connectivity index (χ2n) is 4.36. The van der Waals surface area contributed by atoms with Crippen LogP contribution in [0.15, 0.2) is 34.9 Å². The van der Waals surface area contributed by atoms with Crippen molar-refractivity contribution in [2.24, 2.45) is 0 Å². The Hall–Kier alpha value is -2.01. The van der Waals surface area contributed by atoms with Crippen LogP contribution in [0.2, 0.25) is 5.02 Å². The minimum atomic E-state index is -0.217. The van der Waals surface area contributed by atoms with Crippen LogP contribution < -0.4 is 4.74 Å². The largest absolute Gasteiger partial charge is 0.492 e. The van der Waals surface area contributed by atoms with Crippen molar-refractivity contribution < 1.29 is 14.1 Å². The maximum Gasteiger partial charge on any atom is 0.292 e. The molecule has 2 aromatic rings. The van der Waals surface area contributed by atoms with Crippen LogP contribution in [0.5, 0.6) is 5.75 Å². The van der Waals surface area contributed by atoms with E-state index in [-0.39, 0.29) is 11.7 Å². The van der Waals surface area contributed by atoms with Crippen molar-refractivity contribution in [1.82, 2.24) is 10.1 Å². The summed E-state index contributed by atoms with van der Waals surface area (Å²) < 4.78 is 10.5. The summed E-state index contributed by atoms with van der Waals surface area (Å²) in [5.41, 5.74) is 0.680. The van der Waals surface area contributed by atoms with Gasteiger partial charge in [0.15, 0.2) is 0 Å². The number of aromatic nitrogens is 1. The van der Waals surface area contributed by atoms with Gasteiger partial charge >= 0.3 is 0 Å². The average Bonchev–Trinajstić information content (AvgIpc) is 2.86. The first-order chi connectivity index (χ1) is 9.56. The van der Waals surface area contributed by atoms with Crippen LogP contribution in [0.25, 0.3) is 0 Å². The molecule has 0 unspecified atom stereocenters. The van der Waals surface area contributed by atoms with Crippen LogP contribution in [-0.4, -0.2) is 36.2 Å². The van der Waals surface area contributed by atoms with E-state index in [2.05, 4.69) is 5.16 Å². The van der Waals surface area contributed by atoms with E-state index in [1.54, 1.807) is 44.3 Å². The Bertz CT molecular complexity index is 580. The minimum Gasteiger partial charge on any atom is -0.492 e. The Kier molecular flexibility index (Phi) is 4.63. The van der Waals surface area contributed by atoms with Gasteiger partial charge in [-0.25, -0.2) is 0 Å². The van der Waals surface area contributed by atoms with E-state index < -0.39 is 0 Å². The van der Waals surface area contributed by atoms with E-state index in [1.165, 1.54) is 4.90 Å². The fourth-order valence-electron chi connectivity index (χ4n) is 1.59. The molecule has 6 heteroatoms. The molecule has 1 amide bonds. The summed E-state index contributed by atoms with van der Waals surface area (Å²) in [6, 6.07) is 8.68. The fourth-order valence-corrected chi connectivity index (χ4v) is 1.71. The number of carbonyl (C=O) groups excluding carboxylic acids is 1. The molecule has 0 fully saturated rings. The summed E-state index contributed by atoms with van der Waals surface area (Å²) >= 11 is 5.78. The molecule has 0 saturated heterocycles. The van der Waals surface area contributed by atoms with E-state index >= 15 is 0 Å². The van der Waals surface area contributed by atoms with Crippen LogP contribution in [-0.2, 0) is 0 Å². The monoisotopic (exact) mass is 294 g/mol. The van der Waals surface area contributed by atoms with Gasteiger partial charge in [-0.05, 0) is 31.2 Å². The molecule has 0 atom stereocenters. The Morgan fingerprint density at radius 3 is 2.70 bits per heavy atom. The molecular formula is C14H15ClN2O3. The SMILES string of the molecule is Cc1cc(C(=O)N(C)CCOc2ccc(Cl)cc2)on1. The number of rotatable bonds is 5. The summed E-state index contributed by atoms with van der Waals surface area (Å²) in [4.78, 5) is 13.5. The topological polar surface area (TPSA) is 55.6 Å². The number of likely N-dealkylation sites (N-methyl/N-ethyl adjacent to an activating group) is 1. The van der Waals surface area contributed by atoms with Gasteiger partial charge in [-0.1, -0.05) is 16.8 Å². The molecule has 5 nitrogen and oxygen atoms in total. The van der Waals surface area contributed by atoms with Gasteiger partial charge < -0.3 is 14.2 Å². The van der Waals surface area contributed by atoms with Crippen molar-refractivity contribution in [3.8, 4) is 5.75 Å². The lowest BCUT2D eigenvalue weighted by Crippen LogP contribution is -2.30. The third-order valence-corrected chi connectivity index (χ3v) is 2.95. The van der Waals surface area contributed by atoms with E-state index in [0.717, 1.165) is 0 Å². The highest BCUT2D eigenvalue weighted by Gasteiger charge is 2.16. The number of benzene rings is 1. The Morgan fingerprint density at radius 2 is 2.10 bits per heavy atom. The fraction of sp³-hybridized carbons (Fsp3) is 0.286. The van der Waals surface area contributed by atoms with Crippen LogP contribution in [0, 0.1) is 6.92 Å². The zero-order valence-electron chi connectivity index (χ0n) is 11.3. The van der Waals surface area contributed by atoms with Crippen molar-refractivity contribution in [1.29, 1.82) is 0 Å². The molecule has 1 heterocycles. The van der Waals surface area contributed by atoms with E-state index in [1.807, 2.05) is 0 Å². The predicted octanol–water partition coefficient (Wildman–Crippen LogP) is 2.79. The molecule has 0 aliphatic rings. The number of carbonyl (C=O) groups is 1. The zero-order valence-corrected chi connectivity index (χ0v) is 12.1. The van der Waals surface area contributed by atoms with Crippen LogP contribution in [0.4, 0.5) is 0 Å². The number of ether oxygens (including phenoxy) is 1. The lowest BCUT2D eigenvalue weighted by Gasteiger charge is -2.15. The smallest absolute Gasteiger partial charge is 0.292 e. The highest BCUT2D eigenvalue weighted by Crippen LogP contribution is 2.15. The van der Waals surface area contributed by atoms with Crippen molar-refractivity contribution >= 4 is 17.5 Å². The summed E-state index contributed by atoms with van der Waals surface area (Å²) in [6.07, 6.45) is 0. The lowest BCUT2D eigenvalue weighted by atomic mass is 10.3. The predicted molar refractivity (Wildman–Crippen MR) is 75.1 cm³/mol. The molecule has 0 bridgehead atoms. The molecule has 0 N–H and O–H groups in total. The van der Waals surface area contributed by atoms with Crippen molar-refractivity contribution in [3.63, 3.8) is 0 Å². The summed E-state index contributed by atoms with van der Waals surface area (Å²) in [7, 11) is 1.69. The summed E-state index contributed by atoms with van der Waals surface area (Å²) in [5, 5.41) is 4.35. The summed E-state index contributed by atoms with van der Waals surface area (Å²) in [6.45, 7) is 2.60. The third kappa shape index (κ3) is 3.74. The molecule has 0 spiro atoms. The van der Waals surface area contributed by atoms with E-state index in [9.17, 15) is 4.79 Å². The normalized spacial score (nSPS) is 10.3. The first-order valence-electron chi connectivity index (χ1n) is 6.13. The molecule has 2 rings (SSSR count). The highest BCUT2D eigenvalue weighted by atomic mass is 35.5. The van der Waals surface area contributed by atoms with Gasteiger partial charge in [0.25, 0.3) is 5.91 Å². The number of nitrogens with zero attached hydrogens (tertiary/aromatic N) is 2. The zero-order chi connectivity index (χ0) is 14.5. The molecule has 106 valence electrons. The number of hydrogen-bond donors (Lipinski definition) is 0. The third-order valence-electron chi connectivity index (χ3n) is 2.69. The van der Waals surface area contributed by atoms with Gasteiger partial charge in [-0.3, -0.25) is 4.79 Å². The van der Waals surface area contributed by atoms with E-state index in [4.69, 9.17) is 20.9 Å². The van der Waals surface area contributed by atoms with Crippen LogP contribution in [0.1, 0.15) is 16.2 Å². The number of halogens is 1. The molecule has 0 aliphatic carbocycles. The average molecular weight is 295 g/mol. The van der Waals surface area contributed by atoms with E-state index in [0.29, 0.717) is 29.6 Å². The number of amides is 1. The quantitative estimate of drug-likeness (QED) is 0.851. The molecule has 0 saturated carbocycles. The van der Waals surface area contributed by atoms with Crippen molar-refractivity contribution in [2.75, 3.05) is 20.2 Å². The maximum atomic E-state index is 12.0. The van der Waals surface area contributed by atoms with Crippen molar-refractivity contribution in [3.05, 3.63) is 46.8 Å². The molecule has 1 aromatic heterocycles. The molecular weight excluding hydrogens is 280 g/mol. The summed E-state index contributed by atoms with van der Waals surface area (Å²) in [5.74, 6) is 0.729. The van der Waals surface area contributed by atoms with Crippen molar-refractivity contribution in [2.45, 2.75) is 6.92 Å².